The summed E-state index contributed by atoms with van der Waals surface area (Å²) in [6.07, 6.45) is 16.1. The minimum atomic E-state index is -5.03. The molecule has 230 valence electrons. The molecule has 3 saturated carbocycles. The highest BCUT2D eigenvalue weighted by Gasteiger charge is 2.32. The summed E-state index contributed by atoms with van der Waals surface area (Å²) in [6, 6.07) is 16.8. The van der Waals surface area contributed by atoms with Gasteiger partial charge in [-0.05, 0) is 89.8 Å². The Morgan fingerprint density at radius 1 is 0.674 bits per heavy atom. The second kappa shape index (κ2) is 13.4. The van der Waals surface area contributed by atoms with E-state index in [2.05, 4.69) is 12.1 Å². The molecule has 0 aromatic heterocycles. The first-order valence-corrected chi connectivity index (χ1v) is 17.8. The van der Waals surface area contributed by atoms with Crippen molar-refractivity contribution in [1.29, 1.82) is 0 Å². The Kier molecular flexibility index (Phi) is 9.39. The maximum atomic E-state index is 13.5. The van der Waals surface area contributed by atoms with Crippen molar-refractivity contribution in [2.45, 2.75) is 120 Å². The molecule has 0 spiro atoms. The van der Waals surface area contributed by atoms with E-state index >= 15 is 0 Å². The van der Waals surface area contributed by atoms with E-state index in [1.165, 1.54) is 56.6 Å². The first-order chi connectivity index (χ1) is 20.9. The topological polar surface area (TPSA) is 92.7 Å². The van der Waals surface area contributed by atoms with Crippen LogP contribution in [0, 0.1) is 0 Å². The summed E-state index contributed by atoms with van der Waals surface area (Å²) in [5.41, 5.74) is 1.60. The molecule has 0 amide bonds. The Morgan fingerprint density at radius 3 is 1.72 bits per heavy atom. The van der Waals surface area contributed by atoms with Crippen molar-refractivity contribution in [2.75, 3.05) is 0 Å². The molecule has 7 heteroatoms. The first kappa shape index (κ1) is 30.1. The van der Waals surface area contributed by atoms with Crippen LogP contribution >= 0.6 is 0 Å². The lowest BCUT2D eigenvalue weighted by atomic mass is 9.75. The van der Waals surface area contributed by atoms with Crippen LogP contribution in [0.2, 0.25) is 0 Å². The number of fused-ring (bicyclic) bond motifs is 1. The van der Waals surface area contributed by atoms with Gasteiger partial charge in [-0.3, -0.25) is 0 Å². The van der Waals surface area contributed by atoms with Crippen molar-refractivity contribution in [1.82, 2.24) is 0 Å². The number of ether oxygens (including phenoxy) is 2. The lowest BCUT2D eigenvalue weighted by molar-refractivity contribution is 0.0814. The van der Waals surface area contributed by atoms with E-state index in [4.69, 9.17) is 9.47 Å². The van der Waals surface area contributed by atoms with Crippen LogP contribution in [0.1, 0.15) is 142 Å². The van der Waals surface area contributed by atoms with Gasteiger partial charge in [-0.15, -0.1) is 0 Å². The molecular weight excluding hydrogens is 560 g/mol. The second-order valence-corrected chi connectivity index (χ2v) is 14.3. The summed E-state index contributed by atoms with van der Waals surface area (Å²) >= 11 is 0. The van der Waals surface area contributed by atoms with Crippen LogP contribution < -0.4 is 4.74 Å². The molecule has 6 nitrogen and oxygen atoms in total. The maximum absolute atomic E-state index is 13.5. The van der Waals surface area contributed by atoms with Gasteiger partial charge in [0.25, 0.3) is 0 Å². The first-order valence-electron chi connectivity index (χ1n) is 16.4. The monoisotopic (exact) mass is 603 g/mol. The van der Waals surface area contributed by atoms with Crippen molar-refractivity contribution in [3.8, 4) is 5.75 Å². The number of benzene rings is 3. The van der Waals surface area contributed by atoms with Gasteiger partial charge in [0.1, 0.15) is 15.9 Å². The summed E-state index contributed by atoms with van der Waals surface area (Å²) in [5.74, 6) is 1.62. The van der Waals surface area contributed by atoms with Gasteiger partial charge >= 0.3 is 6.16 Å². The molecule has 0 heterocycles. The smallest absolute Gasteiger partial charge is 0.515 e. The SMILES string of the molecule is O=C(Oc1c(C2CCCCC2)cc(C2CCCCC2)cc1C1CCCCC1)OC(c1ccc2ccccc2c1)S(=O)(=O)[O-]. The molecule has 0 saturated heterocycles. The van der Waals surface area contributed by atoms with E-state index in [0.29, 0.717) is 11.7 Å². The average molecular weight is 604 g/mol. The minimum Gasteiger partial charge on any atom is -0.745 e. The van der Waals surface area contributed by atoms with Crippen LogP contribution in [-0.2, 0) is 14.9 Å². The summed E-state index contributed by atoms with van der Waals surface area (Å²) in [4.78, 5) is 13.5. The Morgan fingerprint density at radius 2 is 1.19 bits per heavy atom. The number of hydrogen-bond donors (Lipinski definition) is 0. The summed E-state index contributed by atoms with van der Waals surface area (Å²) in [7, 11) is -5.03. The van der Waals surface area contributed by atoms with Crippen molar-refractivity contribution in [3.63, 3.8) is 0 Å². The van der Waals surface area contributed by atoms with Gasteiger partial charge in [0, 0.05) is 5.56 Å². The van der Waals surface area contributed by atoms with Gasteiger partial charge in [0.05, 0.1) is 0 Å². The molecule has 3 fully saturated rings. The molecule has 3 aliphatic rings. The summed E-state index contributed by atoms with van der Waals surface area (Å²) in [6.45, 7) is 0. The summed E-state index contributed by atoms with van der Waals surface area (Å²) in [5, 5.41) is 1.64. The van der Waals surface area contributed by atoms with E-state index in [1.54, 1.807) is 12.1 Å². The maximum Gasteiger partial charge on any atom is 0.515 e. The van der Waals surface area contributed by atoms with E-state index in [1.807, 2.05) is 24.3 Å². The molecule has 3 aromatic carbocycles. The zero-order valence-corrected chi connectivity index (χ0v) is 25.8. The number of hydrogen-bond acceptors (Lipinski definition) is 6. The van der Waals surface area contributed by atoms with Crippen molar-refractivity contribution >= 4 is 27.0 Å². The highest BCUT2D eigenvalue weighted by atomic mass is 32.2. The number of rotatable bonds is 7. The van der Waals surface area contributed by atoms with E-state index in [0.717, 1.165) is 73.3 Å². The zero-order valence-electron chi connectivity index (χ0n) is 25.0. The molecule has 0 N–H and O–H groups in total. The Balaban J connectivity index is 1.37. The fourth-order valence-electron chi connectivity index (χ4n) is 7.76. The summed E-state index contributed by atoms with van der Waals surface area (Å²) < 4.78 is 48.8. The molecule has 3 aliphatic carbocycles. The minimum absolute atomic E-state index is 0.110. The van der Waals surface area contributed by atoms with Gasteiger partial charge in [0.15, 0.2) is 0 Å². The average Bonchev–Trinajstić information content (AvgIpc) is 3.04. The standard InChI is InChI=1S/C36H44O6S/c37-36(42-35(43(38,39)40)30-21-20-26-14-10-11-19-29(26)22-30)41-34-32(27-15-6-2-7-16-27)23-31(25-12-4-1-5-13-25)24-33(34)28-17-8-3-9-18-28/h10-11,14,19-25,27-28,35H,1-9,12-13,15-18H2,(H,38,39,40)/p-1. The third-order valence-electron chi connectivity index (χ3n) is 10.0. The van der Waals surface area contributed by atoms with Crippen molar-refractivity contribution in [3.05, 3.63) is 76.9 Å². The van der Waals surface area contributed by atoms with Crippen LogP contribution in [0.15, 0.2) is 54.6 Å². The Labute approximate surface area is 255 Å². The third-order valence-corrected chi connectivity index (χ3v) is 10.9. The van der Waals surface area contributed by atoms with Crippen LogP contribution in [-0.4, -0.2) is 19.1 Å². The number of carbonyl (C=O) groups excluding carboxylic acids is 1. The molecule has 6 rings (SSSR count). The van der Waals surface area contributed by atoms with E-state index < -0.39 is 21.7 Å². The Hall–Kier alpha value is -2.90. The predicted octanol–water partition coefficient (Wildman–Crippen LogP) is 9.74. The fourth-order valence-corrected chi connectivity index (χ4v) is 8.44. The molecule has 3 aromatic rings. The third kappa shape index (κ3) is 7.09. The molecule has 0 aliphatic heterocycles. The van der Waals surface area contributed by atoms with Crippen molar-refractivity contribution < 1.29 is 27.2 Å². The lowest BCUT2D eigenvalue weighted by Crippen LogP contribution is -2.23. The normalized spacial score (nSPS) is 20.1. The van der Waals surface area contributed by atoms with Crippen LogP contribution in [0.25, 0.3) is 10.8 Å². The molecule has 0 radical (unpaired) electrons. The largest absolute Gasteiger partial charge is 0.745 e. The molecule has 0 bridgehead atoms. The van der Waals surface area contributed by atoms with Crippen LogP contribution in [0.3, 0.4) is 0 Å². The highest BCUT2D eigenvalue weighted by molar-refractivity contribution is 7.85. The van der Waals surface area contributed by atoms with Gasteiger partial charge < -0.3 is 14.0 Å². The van der Waals surface area contributed by atoms with Gasteiger partial charge in [0.2, 0.25) is 5.44 Å². The van der Waals surface area contributed by atoms with E-state index in [-0.39, 0.29) is 17.4 Å². The predicted molar refractivity (Wildman–Crippen MR) is 167 cm³/mol. The number of carbonyl (C=O) groups is 1. The molecule has 43 heavy (non-hydrogen) atoms. The lowest BCUT2D eigenvalue weighted by Gasteiger charge is -2.32. The highest BCUT2D eigenvalue weighted by Crippen LogP contribution is 2.47. The molecule has 1 unspecified atom stereocenters. The van der Waals surface area contributed by atoms with Crippen molar-refractivity contribution in [2.24, 2.45) is 0 Å². The van der Waals surface area contributed by atoms with E-state index in [9.17, 15) is 17.8 Å². The molecule has 1 atom stereocenters. The van der Waals surface area contributed by atoms with Crippen LogP contribution in [0.4, 0.5) is 4.79 Å². The quantitative estimate of drug-likeness (QED) is 0.152. The fraction of sp³-hybridized carbons (Fsp3) is 0.528. The van der Waals surface area contributed by atoms with Crippen LogP contribution in [0.5, 0.6) is 5.75 Å². The van der Waals surface area contributed by atoms with Gasteiger partial charge in [-0.1, -0.05) is 106 Å². The molecular formula is C36H43O6S-. The Bertz CT molecular complexity index is 1490. The van der Waals surface area contributed by atoms with Gasteiger partial charge in [-0.2, -0.15) is 0 Å². The zero-order chi connectivity index (χ0) is 29.8. The van der Waals surface area contributed by atoms with Gasteiger partial charge in [-0.25, -0.2) is 13.2 Å². The second-order valence-electron chi connectivity index (χ2n) is 12.9.